The highest BCUT2D eigenvalue weighted by Crippen LogP contribution is 2.51. The quantitative estimate of drug-likeness (QED) is 0.0940. The van der Waals surface area contributed by atoms with Crippen LogP contribution in [-0.2, 0) is 18.8 Å². The number of hydrazine groups is 2. The van der Waals surface area contributed by atoms with E-state index in [1.165, 1.54) is 29.2 Å². The fraction of sp³-hybridized carbons (Fsp3) is 0.800. The van der Waals surface area contributed by atoms with Gasteiger partial charge < -0.3 is 44.7 Å². The molecule has 2 fully saturated rings. The fourth-order valence-electron chi connectivity index (χ4n) is 4.60. The number of nitrogens with zero attached hydrogens (tertiary/aromatic N) is 3. The third-order valence-electron chi connectivity index (χ3n) is 6.76. The van der Waals surface area contributed by atoms with Gasteiger partial charge in [-0.05, 0) is 19.8 Å². The number of halogens is 1. The summed E-state index contributed by atoms with van der Waals surface area (Å²) in [6.07, 6.45) is 2.99. The number of aliphatic hydroxyl groups is 3. The predicted molar refractivity (Wildman–Crippen MR) is 126 cm³/mol. The predicted octanol–water partition coefficient (Wildman–Crippen LogP) is -0.968. The summed E-state index contributed by atoms with van der Waals surface area (Å²) in [6, 6.07) is 0.339. The molecular weight excluding hydrogens is 521 g/mol. The Balaban J connectivity index is 1.41. The minimum absolute atomic E-state index is 0.127. The van der Waals surface area contributed by atoms with Gasteiger partial charge in [-0.1, -0.05) is 12.8 Å². The molecule has 1 aliphatic carbocycles. The van der Waals surface area contributed by atoms with Gasteiger partial charge in [0.25, 0.3) is 0 Å². The molecule has 14 nitrogen and oxygen atoms in total. The maximum Gasteiger partial charge on any atom is 0.359 e. The van der Waals surface area contributed by atoms with Crippen LogP contribution in [0.15, 0.2) is 23.8 Å². The Kier molecular flexibility index (Phi) is 8.74. The lowest BCUT2D eigenvalue weighted by molar-refractivity contribution is -0.125. The average molecular weight is 556 g/mol. The van der Waals surface area contributed by atoms with E-state index < -0.39 is 50.7 Å². The van der Waals surface area contributed by atoms with Crippen LogP contribution in [0, 0.1) is 0 Å². The molecule has 0 aromatic rings. The van der Waals surface area contributed by atoms with E-state index in [4.69, 9.17) is 31.1 Å². The molecule has 3 heterocycles. The van der Waals surface area contributed by atoms with Crippen LogP contribution in [0.1, 0.15) is 32.6 Å². The fourth-order valence-corrected chi connectivity index (χ4v) is 5.30. The molecule has 36 heavy (non-hydrogen) atoms. The lowest BCUT2D eigenvalue weighted by Gasteiger charge is -2.38. The van der Waals surface area contributed by atoms with Crippen molar-refractivity contribution >= 4 is 19.4 Å². The molecule has 0 aromatic heterocycles. The van der Waals surface area contributed by atoms with E-state index in [2.05, 4.69) is 10.9 Å². The van der Waals surface area contributed by atoms with Crippen LogP contribution in [0.5, 0.6) is 0 Å². The van der Waals surface area contributed by atoms with Crippen molar-refractivity contribution in [1.29, 1.82) is 0 Å². The summed E-state index contributed by atoms with van der Waals surface area (Å²) in [7, 11) is -4.80. The van der Waals surface area contributed by atoms with Crippen molar-refractivity contribution in [2.45, 2.75) is 68.5 Å². The summed E-state index contributed by atoms with van der Waals surface area (Å²) >= 11 is 6.34. The van der Waals surface area contributed by atoms with Crippen molar-refractivity contribution in [2.24, 2.45) is 0 Å². The summed E-state index contributed by atoms with van der Waals surface area (Å²) in [4.78, 5) is 19.5. The lowest BCUT2D eigenvalue weighted by Crippen LogP contribution is -2.51. The SMILES string of the molecule is CC(COCCO)(OC[C@H]1O[C@@H](N2NC=C3C2=CN(Cl)CN3NC2CCCC2)[C@H](O)[C@@H]1O)P(=O)(O)O. The molecule has 3 aliphatic heterocycles. The van der Waals surface area contributed by atoms with E-state index in [0.717, 1.165) is 18.5 Å². The van der Waals surface area contributed by atoms with Gasteiger partial charge in [-0.25, -0.2) is 5.43 Å². The molecule has 0 bridgehead atoms. The van der Waals surface area contributed by atoms with Gasteiger partial charge in [-0.3, -0.25) is 19.0 Å². The van der Waals surface area contributed by atoms with E-state index in [0.29, 0.717) is 18.4 Å². The first kappa shape index (κ1) is 27.9. The molecule has 1 saturated carbocycles. The van der Waals surface area contributed by atoms with Crippen LogP contribution >= 0.6 is 19.4 Å². The zero-order valence-corrected chi connectivity index (χ0v) is 21.6. The van der Waals surface area contributed by atoms with Gasteiger partial charge in [0, 0.05) is 30.2 Å². The molecule has 0 amide bonds. The molecule has 1 saturated heterocycles. The van der Waals surface area contributed by atoms with Gasteiger partial charge in [0.2, 0.25) is 0 Å². The first-order chi connectivity index (χ1) is 17.0. The molecule has 5 atom stereocenters. The number of hydrogen-bond acceptors (Lipinski definition) is 12. The highest BCUT2D eigenvalue weighted by atomic mass is 35.5. The van der Waals surface area contributed by atoms with Crippen LogP contribution in [0.3, 0.4) is 0 Å². The van der Waals surface area contributed by atoms with E-state index in [9.17, 15) is 24.6 Å². The highest BCUT2D eigenvalue weighted by molar-refractivity contribution is 7.53. The van der Waals surface area contributed by atoms with Crippen LogP contribution in [0.2, 0.25) is 0 Å². The summed E-state index contributed by atoms with van der Waals surface area (Å²) in [6.45, 7) is 0.204. The normalized spacial score (nSPS) is 30.8. The standard InChI is InChI=1S/C20H35ClN5O9P/c1-20(36(30,31)32,11-33-7-6-27)34-10-16-17(28)18(29)19(35-16)26-15-9-24(21)12-25(14(15)8-22-26)23-13-4-2-3-5-13/h8-9,13,16-19,22-23,27-29H,2-7,10-12H2,1H3,(H2,30,31,32)/t16-,17-,18-,19-,20?/m1/s1. The van der Waals surface area contributed by atoms with Crippen molar-refractivity contribution in [3.63, 3.8) is 0 Å². The van der Waals surface area contributed by atoms with Gasteiger partial charge in [0.15, 0.2) is 11.6 Å². The Bertz CT molecular complexity index is 888. The zero-order chi connectivity index (χ0) is 26.1. The third kappa shape index (κ3) is 5.79. The Labute approximate surface area is 214 Å². The number of rotatable bonds is 11. The molecule has 0 radical (unpaired) electrons. The Morgan fingerprint density at radius 1 is 1.28 bits per heavy atom. The van der Waals surface area contributed by atoms with E-state index in [1.807, 2.05) is 5.01 Å². The molecule has 7 N–H and O–H groups in total. The van der Waals surface area contributed by atoms with Gasteiger partial charge in [-0.2, -0.15) is 0 Å². The van der Waals surface area contributed by atoms with Gasteiger partial charge in [-0.15, -0.1) is 0 Å². The van der Waals surface area contributed by atoms with E-state index in [1.54, 1.807) is 12.4 Å². The van der Waals surface area contributed by atoms with Crippen molar-refractivity contribution < 1.29 is 43.9 Å². The molecule has 0 aromatic carbocycles. The summed E-state index contributed by atoms with van der Waals surface area (Å²) in [5.74, 6) is 0. The van der Waals surface area contributed by atoms with Crippen molar-refractivity contribution in [3.05, 3.63) is 23.8 Å². The molecule has 1 unspecified atom stereocenters. The van der Waals surface area contributed by atoms with Gasteiger partial charge in [0.1, 0.15) is 30.7 Å². The van der Waals surface area contributed by atoms with E-state index in [-0.39, 0.29) is 13.2 Å². The lowest BCUT2D eigenvalue weighted by atomic mass is 10.1. The number of fused-ring (bicyclic) bond motifs is 1. The highest BCUT2D eigenvalue weighted by Gasteiger charge is 2.51. The van der Waals surface area contributed by atoms with Gasteiger partial charge in [0.05, 0.1) is 32.1 Å². The molecule has 4 aliphatic rings. The second kappa shape index (κ2) is 11.3. The summed E-state index contributed by atoms with van der Waals surface area (Å²) in [5, 5.41) is 31.7. The molecule has 16 heteroatoms. The molecule has 206 valence electrons. The maximum atomic E-state index is 12.0. The minimum atomic E-state index is -4.80. The van der Waals surface area contributed by atoms with Crippen molar-refractivity contribution in [3.8, 4) is 0 Å². The average Bonchev–Trinajstić information content (AvgIpc) is 3.53. The number of hydrogen-bond donors (Lipinski definition) is 7. The monoisotopic (exact) mass is 555 g/mol. The van der Waals surface area contributed by atoms with Gasteiger partial charge >= 0.3 is 7.60 Å². The molecular formula is C20H35ClN5O9P. The summed E-state index contributed by atoms with van der Waals surface area (Å²) in [5.41, 5.74) is 7.94. The molecule has 0 spiro atoms. The number of nitrogens with one attached hydrogen (secondary N) is 2. The third-order valence-corrected chi connectivity index (χ3v) is 8.45. The minimum Gasteiger partial charge on any atom is -0.394 e. The smallest absolute Gasteiger partial charge is 0.359 e. The van der Waals surface area contributed by atoms with E-state index >= 15 is 0 Å². The largest absolute Gasteiger partial charge is 0.394 e. The number of aliphatic hydroxyl groups excluding tert-OH is 3. The second-order valence-corrected chi connectivity index (χ2v) is 11.9. The molecule has 4 rings (SSSR count). The van der Waals surface area contributed by atoms with Crippen LogP contribution in [0.4, 0.5) is 0 Å². The van der Waals surface area contributed by atoms with Crippen molar-refractivity contribution in [2.75, 3.05) is 33.1 Å². The Morgan fingerprint density at radius 2 is 2.00 bits per heavy atom. The first-order valence-electron chi connectivity index (χ1n) is 11.9. The number of ether oxygens (including phenoxy) is 3. The van der Waals surface area contributed by atoms with Crippen LogP contribution < -0.4 is 10.9 Å². The first-order valence-corrected chi connectivity index (χ1v) is 13.8. The van der Waals surface area contributed by atoms with Crippen LogP contribution in [-0.4, -0.2) is 109 Å². The Morgan fingerprint density at radius 3 is 2.67 bits per heavy atom. The second-order valence-electron chi connectivity index (χ2n) is 9.48. The van der Waals surface area contributed by atoms with Crippen LogP contribution in [0.25, 0.3) is 0 Å². The van der Waals surface area contributed by atoms with Crippen molar-refractivity contribution in [1.82, 2.24) is 25.3 Å². The Hall–Kier alpha value is -1.16. The summed E-state index contributed by atoms with van der Waals surface area (Å²) < 4.78 is 30.0. The maximum absolute atomic E-state index is 12.0. The zero-order valence-electron chi connectivity index (χ0n) is 19.9. The topological polar surface area (TPSA) is 180 Å².